The van der Waals surface area contributed by atoms with Gasteiger partial charge >= 0.3 is 0 Å². The van der Waals surface area contributed by atoms with Crippen molar-refractivity contribution in [2.24, 2.45) is 0 Å². The van der Waals surface area contributed by atoms with Gasteiger partial charge in [0.2, 0.25) is 0 Å². The van der Waals surface area contributed by atoms with Crippen LogP contribution in [0.2, 0.25) is 0 Å². The Kier molecular flexibility index (Phi) is 11.4. The molecule has 1 aliphatic rings. The van der Waals surface area contributed by atoms with Gasteiger partial charge in [-0.3, -0.25) is 0 Å². The molecule has 4 aromatic carbocycles. The van der Waals surface area contributed by atoms with Crippen LogP contribution in [0.5, 0.6) is 0 Å². The molecule has 1 aliphatic heterocycles. The minimum Gasteiger partial charge on any atom is -0.374 e. The third kappa shape index (κ3) is 8.68. The zero-order valence-electron chi connectivity index (χ0n) is 23.7. The van der Waals surface area contributed by atoms with Crippen molar-refractivity contribution in [3.05, 3.63) is 144 Å². The maximum absolute atomic E-state index is 11.8. The third-order valence-electron chi connectivity index (χ3n) is 7.31. The summed E-state index contributed by atoms with van der Waals surface area (Å²) in [6.45, 7) is 1.82. The number of carbonyl (C=O) groups is 1. The fraction of sp³-hybridized carbons (Fsp3) is 0.306. The Hall–Kier alpha value is -3.65. The van der Waals surface area contributed by atoms with Crippen LogP contribution in [-0.4, -0.2) is 43.4 Å². The van der Waals surface area contributed by atoms with Gasteiger partial charge in [-0.15, -0.1) is 0 Å². The highest BCUT2D eigenvalue weighted by Crippen LogP contribution is 2.32. The van der Waals surface area contributed by atoms with E-state index in [0.717, 1.165) is 28.5 Å². The van der Waals surface area contributed by atoms with Gasteiger partial charge in [0.1, 0.15) is 30.7 Å². The molecule has 1 fully saturated rings. The van der Waals surface area contributed by atoms with Crippen LogP contribution in [0.1, 0.15) is 28.7 Å². The lowest BCUT2D eigenvalue weighted by Crippen LogP contribution is -2.61. The molecule has 0 N–H and O–H groups in total. The van der Waals surface area contributed by atoms with E-state index in [4.69, 9.17) is 23.7 Å². The lowest BCUT2D eigenvalue weighted by atomic mass is 9.92. The highest BCUT2D eigenvalue weighted by atomic mass is 16.6. The Bertz CT molecular complexity index is 1300. The highest BCUT2D eigenvalue weighted by Gasteiger charge is 2.48. The Balaban J connectivity index is 1.40. The van der Waals surface area contributed by atoms with E-state index in [0.29, 0.717) is 26.4 Å². The molecule has 4 aromatic rings. The molecular formula is C36H38O6. The summed E-state index contributed by atoms with van der Waals surface area (Å²) in [5.41, 5.74) is 4.18. The molecule has 0 radical (unpaired) electrons. The maximum atomic E-state index is 11.8. The van der Waals surface area contributed by atoms with Gasteiger partial charge in [0.05, 0.1) is 39.1 Å². The van der Waals surface area contributed by atoms with Crippen LogP contribution in [0.4, 0.5) is 0 Å². The van der Waals surface area contributed by atoms with Crippen molar-refractivity contribution in [1.82, 2.24) is 0 Å². The third-order valence-corrected chi connectivity index (χ3v) is 7.31. The monoisotopic (exact) mass is 566 g/mol. The van der Waals surface area contributed by atoms with Crippen LogP contribution in [0.3, 0.4) is 0 Å². The molecule has 42 heavy (non-hydrogen) atoms. The summed E-state index contributed by atoms with van der Waals surface area (Å²) in [6.07, 6.45) is -1.50. The predicted molar refractivity (Wildman–Crippen MR) is 160 cm³/mol. The molecule has 5 rings (SSSR count). The quantitative estimate of drug-likeness (QED) is 0.157. The summed E-state index contributed by atoms with van der Waals surface area (Å²) in [4.78, 5) is 11.8. The summed E-state index contributed by atoms with van der Waals surface area (Å²) in [5.74, 6) is 0. The van der Waals surface area contributed by atoms with E-state index >= 15 is 0 Å². The van der Waals surface area contributed by atoms with Crippen molar-refractivity contribution < 1.29 is 28.5 Å². The van der Waals surface area contributed by atoms with E-state index in [1.165, 1.54) is 0 Å². The average molecular weight is 567 g/mol. The van der Waals surface area contributed by atoms with Crippen LogP contribution in [0.25, 0.3) is 0 Å². The zero-order valence-corrected chi connectivity index (χ0v) is 23.7. The van der Waals surface area contributed by atoms with E-state index in [2.05, 4.69) is 0 Å². The molecule has 6 heteroatoms. The van der Waals surface area contributed by atoms with E-state index < -0.39 is 30.5 Å². The summed E-state index contributed by atoms with van der Waals surface area (Å²) in [6, 6.07) is 40.0. The Morgan fingerprint density at radius 2 is 0.881 bits per heavy atom. The summed E-state index contributed by atoms with van der Waals surface area (Å²) < 4.78 is 32.5. The topological polar surface area (TPSA) is 63.2 Å². The van der Waals surface area contributed by atoms with Gasteiger partial charge in [0, 0.05) is 6.42 Å². The van der Waals surface area contributed by atoms with Crippen LogP contribution < -0.4 is 0 Å². The minimum absolute atomic E-state index is 0.172. The van der Waals surface area contributed by atoms with Gasteiger partial charge in [-0.25, -0.2) is 0 Å². The smallest absolute Gasteiger partial charge is 0.122 e. The van der Waals surface area contributed by atoms with Crippen molar-refractivity contribution >= 4 is 6.29 Å². The Morgan fingerprint density at radius 3 is 1.31 bits per heavy atom. The second-order valence-corrected chi connectivity index (χ2v) is 10.4. The Labute approximate surface area is 248 Å². The van der Waals surface area contributed by atoms with Gasteiger partial charge in [-0.05, 0) is 22.3 Å². The Morgan fingerprint density at radius 1 is 0.500 bits per heavy atom. The molecule has 0 aliphatic carbocycles. The normalized spacial score (nSPS) is 22.0. The van der Waals surface area contributed by atoms with Gasteiger partial charge in [0.25, 0.3) is 0 Å². The number of benzene rings is 4. The van der Waals surface area contributed by atoms with Crippen molar-refractivity contribution in [2.45, 2.75) is 63.4 Å². The standard InChI is InChI=1S/C36H38O6/c37-22-21-32-34(39-24-29-15-7-2-8-16-29)36(41-26-31-19-11-4-12-20-31)35(40-25-30-17-9-3-10-18-30)33(42-32)27-38-23-28-13-5-1-6-14-28/h1-20,22,32-36H,21,23-27H2/t32-,33?,34?,35+,36+/m1/s1. The number of ether oxygens (including phenoxy) is 5. The van der Waals surface area contributed by atoms with Crippen LogP contribution in [0.15, 0.2) is 121 Å². The van der Waals surface area contributed by atoms with E-state index in [-0.39, 0.29) is 13.0 Å². The first-order valence-electron chi connectivity index (χ1n) is 14.5. The lowest BCUT2D eigenvalue weighted by Gasteiger charge is -2.46. The fourth-order valence-corrected chi connectivity index (χ4v) is 5.17. The maximum Gasteiger partial charge on any atom is 0.122 e. The van der Waals surface area contributed by atoms with E-state index in [9.17, 15) is 4.79 Å². The van der Waals surface area contributed by atoms with Crippen LogP contribution >= 0.6 is 0 Å². The number of aldehydes is 1. The first kappa shape index (κ1) is 29.8. The van der Waals surface area contributed by atoms with Crippen molar-refractivity contribution in [3.63, 3.8) is 0 Å². The number of hydrogen-bond acceptors (Lipinski definition) is 6. The SMILES string of the molecule is O=CC[C@H]1OC(COCc2ccccc2)[C@H](OCc2ccccc2)[C@@H](OCc2ccccc2)C1OCc1ccccc1. The molecule has 0 saturated carbocycles. The van der Waals surface area contributed by atoms with Gasteiger partial charge in [0.15, 0.2) is 0 Å². The number of rotatable bonds is 15. The zero-order chi connectivity index (χ0) is 28.8. The van der Waals surface area contributed by atoms with Crippen LogP contribution in [-0.2, 0) is 54.9 Å². The predicted octanol–water partition coefficient (Wildman–Crippen LogP) is 6.32. The van der Waals surface area contributed by atoms with Crippen LogP contribution in [0, 0.1) is 0 Å². The largest absolute Gasteiger partial charge is 0.374 e. The number of hydrogen-bond donors (Lipinski definition) is 0. The molecule has 2 unspecified atom stereocenters. The van der Waals surface area contributed by atoms with Gasteiger partial charge < -0.3 is 28.5 Å². The fourth-order valence-electron chi connectivity index (χ4n) is 5.17. The first-order chi connectivity index (χ1) is 20.8. The van der Waals surface area contributed by atoms with E-state index in [1.807, 2.05) is 121 Å². The van der Waals surface area contributed by atoms with E-state index in [1.54, 1.807) is 0 Å². The molecule has 0 spiro atoms. The molecule has 0 aromatic heterocycles. The second-order valence-electron chi connectivity index (χ2n) is 10.4. The van der Waals surface area contributed by atoms with Gasteiger partial charge in [-0.2, -0.15) is 0 Å². The number of carbonyl (C=O) groups excluding carboxylic acids is 1. The summed E-state index contributed by atoms with van der Waals surface area (Å²) in [7, 11) is 0. The minimum atomic E-state index is -0.537. The molecule has 1 heterocycles. The second kappa shape index (κ2) is 16.1. The molecule has 218 valence electrons. The molecule has 0 bridgehead atoms. The molecule has 6 nitrogen and oxygen atoms in total. The van der Waals surface area contributed by atoms with Crippen molar-refractivity contribution in [2.75, 3.05) is 6.61 Å². The average Bonchev–Trinajstić information content (AvgIpc) is 3.05. The molecule has 1 saturated heterocycles. The lowest BCUT2D eigenvalue weighted by molar-refractivity contribution is -0.272. The van der Waals surface area contributed by atoms with Gasteiger partial charge in [-0.1, -0.05) is 121 Å². The molecule has 5 atom stereocenters. The first-order valence-corrected chi connectivity index (χ1v) is 14.5. The van der Waals surface area contributed by atoms with Crippen molar-refractivity contribution in [3.8, 4) is 0 Å². The molecular weight excluding hydrogens is 528 g/mol. The highest BCUT2D eigenvalue weighted by molar-refractivity contribution is 5.50. The summed E-state index contributed by atoms with van der Waals surface area (Å²) in [5, 5.41) is 0. The van der Waals surface area contributed by atoms with Crippen molar-refractivity contribution in [1.29, 1.82) is 0 Å². The summed E-state index contributed by atoms with van der Waals surface area (Å²) >= 11 is 0. The molecule has 0 amide bonds.